The highest BCUT2D eigenvalue weighted by molar-refractivity contribution is 5.73. The van der Waals surface area contributed by atoms with Crippen LogP contribution in [0.3, 0.4) is 0 Å². The maximum Gasteiger partial charge on any atom is 0.330 e. The summed E-state index contributed by atoms with van der Waals surface area (Å²) in [5, 5.41) is 8.02. The number of carbonyl (C=O) groups is 1. The molecule has 1 rings (SSSR count). The van der Waals surface area contributed by atoms with E-state index in [1.54, 1.807) is 4.90 Å². The number of aromatic nitrogens is 3. The van der Waals surface area contributed by atoms with Crippen molar-refractivity contribution in [2.45, 2.75) is 20.4 Å². The second kappa shape index (κ2) is 6.58. The van der Waals surface area contributed by atoms with E-state index in [0.29, 0.717) is 13.1 Å². The van der Waals surface area contributed by atoms with Crippen molar-refractivity contribution in [2.75, 3.05) is 19.6 Å². The first-order valence-corrected chi connectivity index (χ1v) is 5.70. The maximum absolute atomic E-state index is 11.6. The third-order valence-electron chi connectivity index (χ3n) is 2.43. The summed E-state index contributed by atoms with van der Waals surface area (Å²) < 4.78 is 1.03. The van der Waals surface area contributed by atoms with Gasteiger partial charge >= 0.3 is 17.1 Å². The lowest BCUT2D eigenvalue weighted by Crippen LogP contribution is -2.43. The molecule has 2 amide bonds. The molecule has 8 heteroatoms. The van der Waals surface area contributed by atoms with Crippen molar-refractivity contribution in [3.8, 4) is 0 Å². The van der Waals surface area contributed by atoms with E-state index in [2.05, 4.69) is 16.7 Å². The average Bonchev–Trinajstić information content (AvgIpc) is 2.36. The minimum Gasteiger partial charge on any atom is -0.336 e. The summed E-state index contributed by atoms with van der Waals surface area (Å²) in [5.74, 6) is 0. The quantitative estimate of drug-likeness (QED) is 0.643. The largest absolute Gasteiger partial charge is 0.336 e. The zero-order chi connectivity index (χ0) is 13.5. The molecule has 1 heterocycles. The average molecular weight is 254 g/mol. The Morgan fingerprint density at radius 3 is 2.72 bits per heavy atom. The standard InChI is InChI=1S/C10H16N5O3/c1-3-14(4-2)10(18)11-5-6-15-7-12-13-8(16)9(15)17/h3-6H2,1-2H3,(H,11,18)(H,13,16). The fourth-order valence-electron chi connectivity index (χ4n) is 1.40. The number of nitrogens with zero attached hydrogens (tertiary/aromatic N) is 3. The van der Waals surface area contributed by atoms with Crippen LogP contribution in [0.2, 0.25) is 0 Å². The Labute approximate surface area is 104 Å². The molecule has 0 atom stereocenters. The fourth-order valence-corrected chi connectivity index (χ4v) is 1.40. The lowest BCUT2D eigenvalue weighted by molar-refractivity contribution is 0.203. The first-order valence-electron chi connectivity index (χ1n) is 5.70. The molecule has 1 aromatic rings. The number of rotatable bonds is 5. The van der Waals surface area contributed by atoms with E-state index >= 15 is 0 Å². The number of amides is 2. The molecular formula is C10H16N5O3. The first kappa shape index (κ1) is 13.9. The highest BCUT2D eigenvalue weighted by Gasteiger charge is 2.08. The second-order valence-electron chi connectivity index (χ2n) is 3.51. The first-order chi connectivity index (χ1) is 8.60. The highest BCUT2D eigenvalue weighted by atomic mass is 16.2. The van der Waals surface area contributed by atoms with E-state index in [0.717, 1.165) is 4.57 Å². The summed E-state index contributed by atoms with van der Waals surface area (Å²) >= 11 is 0. The zero-order valence-electron chi connectivity index (χ0n) is 10.4. The van der Waals surface area contributed by atoms with Crippen molar-refractivity contribution >= 4 is 6.03 Å². The monoisotopic (exact) mass is 254 g/mol. The van der Waals surface area contributed by atoms with Gasteiger partial charge in [-0.2, -0.15) is 5.10 Å². The number of urea groups is 1. The number of carbonyl (C=O) groups excluding carboxylic acids is 1. The summed E-state index contributed by atoms with van der Waals surface area (Å²) in [6.07, 6.45) is 2.34. The Morgan fingerprint density at radius 2 is 2.11 bits per heavy atom. The summed E-state index contributed by atoms with van der Waals surface area (Å²) in [6, 6.07) is -0.203. The van der Waals surface area contributed by atoms with Crippen molar-refractivity contribution in [1.29, 1.82) is 0 Å². The molecule has 1 radical (unpaired) electrons. The van der Waals surface area contributed by atoms with Gasteiger partial charge in [0.2, 0.25) is 6.33 Å². The molecule has 18 heavy (non-hydrogen) atoms. The van der Waals surface area contributed by atoms with E-state index in [1.807, 2.05) is 18.9 Å². The van der Waals surface area contributed by atoms with Crippen LogP contribution in [0, 0.1) is 6.33 Å². The van der Waals surface area contributed by atoms with Crippen LogP contribution in [0.15, 0.2) is 9.59 Å². The van der Waals surface area contributed by atoms with Crippen molar-refractivity contribution < 1.29 is 4.79 Å². The molecule has 0 fully saturated rings. The van der Waals surface area contributed by atoms with Crippen LogP contribution in [-0.4, -0.2) is 45.3 Å². The Balaban J connectivity index is 2.52. The van der Waals surface area contributed by atoms with Gasteiger partial charge in [-0.1, -0.05) is 0 Å². The number of hydrogen-bond acceptors (Lipinski definition) is 4. The summed E-state index contributed by atoms with van der Waals surface area (Å²) in [7, 11) is 0. The van der Waals surface area contributed by atoms with Crippen LogP contribution in [0.5, 0.6) is 0 Å². The van der Waals surface area contributed by atoms with Crippen LogP contribution < -0.4 is 16.4 Å². The van der Waals surface area contributed by atoms with E-state index in [9.17, 15) is 14.4 Å². The van der Waals surface area contributed by atoms with Crippen LogP contribution in [0.25, 0.3) is 0 Å². The van der Waals surface area contributed by atoms with Gasteiger partial charge in [-0.3, -0.25) is 14.2 Å². The fraction of sp³-hybridized carbons (Fsp3) is 0.600. The van der Waals surface area contributed by atoms with Crippen molar-refractivity contribution in [1.82, 2.24) is 25.0 Å². The molecule has 0 spiro atoms. The Morgan fingerprint density at radius 1 is 1.44 bits per heavy atom. The number of aromatic amines is 1. The molecule has 0 aromatic carbocycles. The minimum absolute atomic E-state index is 0.156. The molecular weight excluding hydrogens is 238 g/mol. The topological polar surface area (TPSA) is 100 Å². The number of H-pyrrole nitrogens is 1. The second-order valence-corrected chi connectivity index (χ2v) is 3.51. The van der Waals surface area contributed by atoms with Gasteiger partial charge in [0.1, 0.15) is 0 Å². The van der Waals surface area contributed by atoms with E-state index in [4.69, 9.17) is 0 Å². The number of hydrogen-bond donors (Lipinski definition) is 2. The summed E-state index contributed by atoms with van der Waals surface area (Å²) in [6.45, 7) is 5.37. The van der Waals surface area contributed by atoms with Crippen molar-refractivity contribution in [3.63, 3.8) is 0 Å². The zero-order valence-corrected chi connectivity index (χ0v) is 10.4. The van der Waals surface area contributed by atoms with Gasteiger partial charge in [-0.25, -0.2) is 9.89 Å². The molecule has 0 aliphatic carbocycles. The Bertz CT molecular complexity index is 503. The summed E-state index contributed by atoms with van der Waals surface area (Å²) in [4.78, 5) is 35.5. The minimum atomic E-state index is -0.802. The lowest BCUT2D eigenvalue weighted by atomic mass is 10.5. The van der Waals surface area contributed by atoms with Gasteiger partial charge in [-0.05, 0) is 13.8 Å². The van der Waals surface area contributed by atoms with Gasteiger partial charge in [0.05, 0.1) is 0 Å². The molecule has 2 N–H and O–H groups in total. The molecule has 0 saturated heterocycles. The lowest BCUT2D eigenvalue weighted by Gasteiger charge is -2.19. The normalized spacial score (nSPS) is 10.1. The Kier molecular flexibility index (Phi) is 5.09. The van der Waals surface area contributed by atoms with Gasteiger partial charge in [0, 0.05) is 26.2 Å². The molecule has 0 unspecified atom stereocenters. The van der Waals surface area contributed by atoms with Gasteiger partial charge in [-0.15, -0.1) is 0 Å². The third kappa shape index (κ3) is 3.44. The van der Waals surface area contributed by atoms with Gasteiger partial charge in [0.25, 0.3) is 0 Å². The summed E-state index contributed by atoms with van der Waals surface area (Å²) in [5.41, 5.74) is -1.54. The Hall–Kier alpha value is -2.12. The van der Waals surface area contributed by atoms with Crippen LogP contribution in [-0.2, 0) is 6.54 Å². The SMILES string of the molecule is CCN(CC)C(=O)NCCn1[c]n[nH]c(=O)c1=O. The van der Waals surface area contributed by atoms with Crippen molar-refractivity contribution in [2.24, 2.45) is 0 Å². The third-order valence-corrected chi connectivity index (χ3v) is 2.43. The van der Waals surface area contributed by atoms with Crippen LogP contribution in [0.4, 0.5) is 4.79 Å². The molecule has 0 aliphatic heterocycles. The molecule has 0 aliphatic rings. The number of nitrogens with one attached hydrogen (secondary N) is 2. The molecule has 99 valence electrons. The highest BCUT2D eigenvalue weighted by Crippen LogP contribution is 1.87. The predicted octanol–water partition coefficient (Wildman–Crippen LogP) is -1.22. The molecule has 8 nitrogen and oxygen atoms in total. The van der Waals surface area contributed by atoms with Gasteiger partial charge < -0.3 is 10.2 Å². The van der Waals surface area contributed by atoms with E-state index in [-0.39, 0.29) is 19.1 Å². The smallest absolute Gasteiger partial charge is 0.330 e. The van der Waals surface area contributed by atoms with Crippen LogP contribution in [0.1, 0.15) is 13.8 Å². The molecule has 0 saturated carbocycles. The van der Waals surface area contributed by atoms with Crippen molar-refractivity contribution in [3.05, 3.63) is 27.0 Å². The maximum atomic E-state index is 11.6. The molecule has 0 bridgehead atoms. The predicted molar refractivity (Wildman–Crippen MR) is 64.3 cm³/mol. The van der Waals surface area contributed by atoms with E-state index in [1.165, 1.54) is 0 Å². The van der Waals surface area contributed by atoms with Crippen LogP contribution >= 0.6 is 0 Å². The van der Waals surface area contributed by atoms with Gasteiger partial charge in [0.15, 0.2) is 0 Å². The molecule has 1 aromatic heterocycles. The van der Waals surface area contributed by atoms with E-state index < -0.39 is 11.1 Å².